The molecule has 0 aliphatic rings. The Morgan fingerprint density at radius 2 is 1.90 bits per heavy atom. The zero-order chi connectivity index (χ0) is 15.6. The van der Waals surface area contributed by atoms with Crippen LogP contribution in [-0.2, 0) is 14.8 Å². The number of benzene rings is 1. The Balaban J connectivity index is 2.93. The van der Waals surface area contributed by atoms with Gasteiger partial charge in [-0.2, -0.15) is 0 Å². The molecule has 0 aliphatic heterocycles. The van der Waals surface area contributed by atoms with Crippen molar-refractivity contribution in [3.63, 3.8) is 0 Å². The van der Waals surface area contributed by atoms with Gasteiger partial charge >= 0.3 is 5.97 Å². The van der Waals surface area contributed by atoms with E-state index in [-0.39, 0.29) is 12.8 Å². The van der Waals surface area contributed by atoms with Crippen molar-refractivity contribution in [1.82, 2.24) is 4.72 Å². The molecule has 1 aromatic carbocycles. The Morgan fingerprint density at radius 1 is 1.30 bits per heavy atom. The number of carbonyl (C=O) groups is 1. The Bertz CT molecular complexity index is 614. The molecular formula is C12H15F2NO4S. The summed E-state index contributed by atoms with van der Waals surface area (Å²) in [6, 6.07) is 2.23. The lowest BCUT2D eigenvalue weighted by molar-refractivity contribution is -0.137. The van der Waals surface area contributed by atoms with Crippen LogP contribution in [0, 0.1) is 11.6 Å². The van der Waals surface area contributed by atoms with Gasteiger partial charge in [0.25, 0.3) is 0 Å². The molecule has 0 fully saturated rings. The molecule has 0 bridgehead atoms. The second-order valence-corrected chi connectivity index (χ2v) is 6.64. The first-order chi connectivity index (χ1) is 9.03. The molecule has 0 aliphatic carbocycles. The van der Waals surface area contributed by atoms with Crippen LogP contribution in [0.15, 0.2) is 23.1 Å². The standard InChI is InChI=1S/C12H15F2NO4S/c1-12(2,6-5-11(16)17)15-20(18,19)8-3-4-9(13)10(14)7-8/h3-4,7,15H,5-6H2,1-2H3,(H,16,17). The van der Waals surface area contributed by atoms with Gasteiger partial charge in [-0.3, -0.25) is 4.79 Å². The van der Waals surface area contributed by atoms with Gasteiger partial charge in [0.15, 0.2) is 11.6 Å². The molecule has 0 radical (unpaired) electrons. The second-order valence-electron chi connectivity index (χ2n) is 4.96. The number of hydrogen-bond donors (Lipinski definition) is 2. The van der Waals surface area contributed by atoms with E-state index in [9.17, 15) is 22.0 Å². The van der Waals surface area contributed by atoms with Crippen LogP contribution in [0.4, 0.5) is 8.78 Å². The molecule has 0 amide bonds. The topological polar surface area (TPSA) is 83.5 Å². The first-order valence-electron chi connectivity index (χ1n) is 5.74. The van der Waals surface area contributed by atoms with Crippen LogP contribution in [0.2, 0.25) is 0 Å². The zero-order valence-corrected chi connectivity index (χ0v) is 11.8. The van der Waals surface area contributed by atoms with Crippen LogP contribution in [0.3, 0.4) is 0 Å². The lowest BCUT2D eigenvalue weighted by atomic mass is 10.0. The maximum atomic E-state index is 13.1. The lowest BCUT2D eigenvalue weighted by Gasteiger charge is -2.25. The van der Waals surface area contributed by atoms with Crippen molar-refractivity contribution in [2.24, 2.45) is 0 Å². The molecule has 0 atom stereocenters. The third-order valence-electron chi connectivity index (χ3n) is 2.58. The van der Waals surface area contributed by atoms with Crippen LogP contribution in [-0.4, -0.2) is 25.0 Å². The molecule has 0 heterocycles. The first-order valence-corrected chi connectivity index (χ1v) is 7.23. The van der Waals surface area contributed by atoms with Gasteiger partial charge in [0.05, 0.1) is 4.90 Å². The summed E-state index contributed by atoms with van der Waals surface area (Å²) in [5.41, 5.74) is -1.03. The van der Waals surface area contributed by atoms with Crippen LogP contribution in [0.1, 0.15) is 26.7 Å². The number of halogens is 2. The molecular weight excluding hydrogens is 292 g/mol. The minimum absolute atomic E-state index is 0.0608. The highest BCUT2D eigenvalue weighted by Crippen LogP contribution is 2.19. The van der Waals surface area contributed by atoms with E-state index in [1.165, 1.54) is 13.8 Å². The fourth-order valence-corrected chi connectivity index (χ4v) is 2.99. The lowest BCUT2D eigenvalue weighted by Crippen LogP contribution is -2.43. The third kappa shape index (κ3) is 4.53. The van der Waals surface area contributed by atoms with Crippen LogP contribution in [0.5, 0.6) is 0 Å². The minimum atomic E-state index is -4.05. The molecule has 20 heavy (non-hydrogen) atoms. The summed E-state index contributed by atoms with van der Waals surface area (Å²) in [7, 11) is -4.05. The molecule has 1 aromatic rings. The minimum Gasteiger partial charge on any atom is -0.481 e. The molecule has 0 spiro atoms. The highest BCUT2D eigenvalue weighted by molar-refractivity contribution is 7.89. The van der Waals surface area contributed by atoms with E-state index >= 15 is 0 Å². The quantitative estimate of drug-likeness (QED) is 0.840. The fraction of sp³-hybridized carbons (Fsp3) is 0.417. The molecule has 0 aromatic heterocycles. The number of nitrogens with one attached hydrogen (secondary N) is 1. The highest BCUT2D eigenvalue weighted by atomic mass is 32.2. The van der Waals surface area contributed by atoms with Gasteiger partial charge < -0.3 is 5.11 Å². The van der Waals surface area contributed by atoms with Crippen LogP contribution in [0.25, 0.3) is 0 Å². The van der Waals surface area contributed by atoms with Crippen molar-refractivity contribution in [1.29, 1.82) is 0 Å². The van der Waals surface area contributed by atoms with Crippen molar-refractivity contribution in [3.8, 4) is 0 Å². The highest BCUT2D eigenvalue weighted by Gasteiger charge is 2.27. The predicted octanol–water partition coefficient (Wildman–Crippen LogP) is 1.89. The summed E-state index contributed by atoms with van der Waals surface area (Å²) in [6.07, 6.45) is -0.154. The summed E-state index contributed by atoms with van der Waals surface area (Å²) in [5.74, 6) is -3.46. The SMILES string of the molecule is CC(C)(CCC(=O)O)NS(=O)(=O)c1ccc(F)c(F)c1. The third-order valence-corrected chi connectivity index (χ3v) is 4.27. The van der Waals surface area contributed by atoms with Gasteiger partial charge in [-0.05, 0) is 38.5 Å². The molecule has 0 saturated carbocycles. The number of sulfonamides is 1. The average Bonchev–Trinajstić information content (AvgIpc) is 2.29. The van der Waals surface area contributed by atoms with Gasteiger partial charge in [-0.25, -0.2) is 21.9 Å². The van der Waals surface area contributed by atoms with Crippen molar-refractivity contribution in [2.45, 2.75) is 37.1 Å². The molecule has 0 saturated heterocycles. The van der Waals surface area contributed by atoms with Crippen molar-refractivity contribution in [3.05, 3.63) is 29.8 Å². The zero-order valence-electron chi connectivity index (χ0n) is 11.0. The second kappa shape index (κ2) is 5.84. The first kappa shape index (κ1) is 16.5. The van der Waals surface area contributed by atoms with Crippen LogP contribution < -0.4 is 4.72 Å². The molecule has 5 nitrogen and oxygen atoms in total. The summed E-state index contributed by atoms with van der Waals surface area (Å²) >= 11 is 0. The van der Waals surface area contributed by atoms with E-state index in [1.807, 2.05) is 0 Å². The average molecular weight is 307 g/mol. The summed E-state index contributed by atoms with van der Waals surface area (Å²) in [5, 5.41) is 8.59. The normalized spacial score (nSPS) is 12.4. The fourth-order valence-electron chi connectivity index (χ4n) is 1.54. The maximum absolute atomic E-state index is 13.1. The van der Waals surface area contributed by atoms with E-state index in [2.05, 4.69) is 4.72 Å². The maximum Gasteiger partial charge on any atom is 0.303 e. The van der Waals surface area contributed by atoms with Gasteiger partial charge in [-0.1, -0.05) is 0 Å². The number of rotatable bonds is 6. The van der Waals surface area contributed by atoms with E-state index in [1.54, 1.807) is 0 Å². The number of aliphatic carboxylic acids is 1. The van der Waals surface area contributed by atoms with Gasteiger partial charge in [0, 0.05) is 12.0 Å². The van der Waals surface area contributed by atoms with Crippen molar-refractivity contribution >= 4 is 16.0 Å². The summed E-state index contributed by atoms with van der Waals surface area (Å²) in [4.78, 5) is 10.1. The van der Waals surface area contributed by atoms with Crippen molar-refractivity contribution in [2.75, 3.05) is 0 Å². The van der Waals surface area contributed by atoms with Gasteiger partial charge in [-0.15, -0.1) is 0 Å². The van der Waals surface area contributed by atoms with E-state index in [4.69, 9.17) is 5.11 Å². The van der Waals surface area contributed by atoms with Crippen LogP contribution >= 0.6 is 0 Å². The smallest absolute Gasteiger partial charge is 0.303 e. The number of hydrogen-bond acceptors (Lipinski definition) is 3. The number of carboxylic acid groups (broad SMARTS) is 1. The molecule has 112 valence electrons. The monoisotopic (exact) mass is 307 g/mol. The van der Waals surface area contributed by atoms with Crippen molar-refractivity contribution < 1.29 is 27.1 Å². The Kier molecular flexibility index (Phi) is 4.82. The largest absolute Gasteiger partial charge is 0.481 e. The predicted molar refractivity (Wildman–Crippen MR) is 67.6 cm³/mol. The number of carboxylic acids is 1. The van der Waals surface area contributed by atoms with E-state index in [0.29, 0.717) is 12.1 Å². The summed E-state index contributed by atoms with van der Waals surface area (Å²) in [6.45, 7) is 3.01. The molecule has 2 N–H and O–H groups in total. The Morgan fingerprint density at radius 3 is 2.40 bits per heavy atom. The Hall–Kier alpha value is -1.54. The van der Waals surface area contributed by atoms with E-state index in [0.717, 1.165) is 6.07 Å². The Labute approximate surface area is 115 Å². The molecule has 8 heteroatoms. The molecule has 0 unspecified atom stereocenters. The van der Waals surface area contributed by atoms with E-state index < -0.39 is 38.1 Å². The summed E-state index contributed by atoms with van der Waals surface area (Å²) < 4.78 is 52.1. The van der Waals surface area contributed by atoms with Gasteiger partial charge in [0.2, 0.25) is 10.0 Å². The molecule has 1 rings (SSSR count). The van der Waals surface area contributed by atoms with Gasteiger partial charge in [0.1, 0.15) is 0 Å².